The van der Waals surface area contributed by atoms with E-state index in [1.165, 1.54) is 45.3 Å². The van der Waals surface area contributed by atoms with E-state index in [4.69, 9.17) is 0 Å². The van der Waals surface area contributed by atoms with Gasteiger partial charge in [-0.2, -0.15) is 0 Å². The predicted octanol–water partition coefficient (Wildman–Crippen LogP) is 1.82. The van der Waals surface area contributed by atoms with Crippen molar-refractivity contribution in [3.05, 3.63) is 0 Å². The Balaban J connectivity index is 1.96. The molecule has 1 heterocycles. The van der Waals surface area contributed by atoms with Crippen LogP contribution in [0.15, 0.2) is 0 Å². The summed E-state index contributed by atoms with van der Waals surface area (Å²) in [5.41, 5.74) is 0. The number of hydrogen-bond donors (Lipinski definition) is 0. The quantitative estimate of drug-likeness (QED) is 0.482. The summed E-state index contributed by atoms with van der Waals surface area (Å²) in [7, 11) is 0. The zero-order chi connectivity index (χ0) is 10.1. The van der Waals surface area contributed by atoms with Gasteiger partial charge >= 0.3 is 0 Å². The van der Waals surface area contributed by atoms with E-state index in [-0.39, 0.29) is 0 Å². The van der Waals surface area contributed by atoms with E-state index >= 15 is 0 Å². The van der Waals surface area contributed by atoms with Crippen LogP contribution in [0.4, 0.5) is 0 Å². The van der Waals surface area contributed by atoms with Gasteiger partial charge in [0.2, 0.25) is 0 Å². The van der Waals surface area contributed by atoms with Crippen molar-refractivity contribution in [1.82, 2.24) is 4.90 Å². The largest absolute Gasteiger partial charge is 0.468 e. The first-order chi connectivity index (χ1) is 6.93. The number of nitrogens with zero attached hydrogens (tertiary/aromatic N) is 1. The van der Waals surface area contributed by atoms with Crippen molar-refractivity contribution in [1.29, 1.82) is 0 Å². The summed E-state index contributed by atoms with van der Waals surface area (Å²) in [6, 6.07) is 0. The average Bonchev–Trinajstić information content (AvgIpc) is 2.46. The number of carbonyl (C=O) groups excluding carboxylic acids is 1. The van der Waals surface area contributed by atoms with Crippen LogP contribution >= 0.6 is 0 Å². The zero-order valence-electron chi connectivity index (χ0n) is 8.91. The molecule has 0 radical (unpaired) electrons. The minimum atomic E-state index is 0.534. The molecular formula is C11H21NO2. The fraction of sp³-hybridized carbons (Fsp3) is 0.909. The smallest absolute Gasteiger partial charge is 0.293 e. The first-order valence-electron chi connectivity index (χ1n) is 5.71. The van der Waals surface area contributed by atoms with E-state index in [1.54, 1.807) is 0 Å². The van der Waals surface area contributed by atoms with Crippen LogP contribution in [0.1, 0.15) is 38.5 Å². The molecule has 3 nitrogen and oxygen atoms in total. The van der Waals surface area contributed by atoms with Crippen molar-refractivity contribution in [2.24, 2.45) is 0 Å². The molecule has 82 valence electrons. The van der Waals surface area contributed by atoms with E-state index in [0.29, 0.717) is 13.1 Å². The van der Waals surface area contributed by atoms with Crippen molar-refractivity contribution in [2.45, 2.75) is 38.5 Å². The van der Waals surface area contributed by atoms with Gasteiger partial charge in [0.1, 0.15) is 0 Å². The summed E-state index contributed by atoms with van der Waals surface area (Å²) in [4.78, 5) is 12.4. The lowest BCUT2D eigenvalue weighted by molar-refractivity contribution is -0.128. The first kappa shape index (κ1) is 11.5. The molecule has 0 unspecified atom stereocenters. The van der Waals surface area contributed by atoms with Crippen LogP contribution in [0.2, 0.25) is 0 Å². The van der Waals surface area contributed by atoms with Gasteiger partial charge in [0, 0.05) is 0 Å². The van der Waals surface area contributed by atoms with Gasteiger partial charge in [-0.15, -0.1) is 0 Å². The standard InChI is InChI=1S/C11H21NO2/c13-11-14-10-6-5-9-12-7-3-1-2-4-8-12/h11H,1-10H2. The molecule has 1 aliphatic heterocycles. The second-order valence-electron chi connectivity index (χ2n) is 3.93. The van der Waals surface area contributed by atoms with Gasteiger partial charge in [-0.1, -0.05) is 12.8 Å². The lowest BCUT2D eigenvalue weighted by Crippen LogP contribution is -2.25. The summed E-state index contributed by atoms with van der Waals surface area (Å²) < 4.78 is 4.65. The molecule has 0 aliphatic carbocycles. The highest BCUT2D eigenvalue weighted by molar-refractivity contribution is 5.36. The number of ether oxygens (including phenoxy) is 1. The van der Waals surface area contributed by atoms with Crippen LogP contribution in [0.5, 0.6) is 0 Å². The predicted molar refractivity (Wildman–Crippen MR) is 56.2 cm³/mol. The van der Waals surface area contributed by atoms with E-state index < -0.39 is 0 Å². The Labute approximate surface area is 86.4 Å². The molecule has 0 bridgehead atoms. The molecule has 0 N–H and O–H groups in total. The number of hydrogen-bond acceptors (Lipinski definition) is 3. The van der Waals surface area contributed by atoms with Crippen molar-refractivity contribution in [3.63, 3.8) is 0 Å². The molecular weight excluding hydrogens is 178 g/mol. The Morgan fingerprint density at radius 2 is 1.79 bits per heavy atom. The number of rotatable bonds is 6. The van der Waals surface area contributed by atoms with Gasteiger partial charge in [-0.05, 0) is 45.3 Å². The van der Waals surface area contributed by atoms with Gasteiger partial charge in [0.05, 0.1) is 6.61 Å². The van der Waals surface area contributed by atoms with E-state index in [2.05, 4.69) is 9.64 Å². The van der Waals surface area contributed by atoms with Crippen LogP contribution < -0.4 is 0 Å². The molecule has 0 atom stereocenters. The van der Waals surface area contributed by atoms with E-state index in [1.807, 2.05) is 0 Å². The third-order valence-electron chi connectivity index (χ3n) is 2.75. The molecule has 1 rings (SSSR count). The van der Waals surface area contributed by atoms with Crippen LogP contribution in [-0.4, -0.2) is 37.6 Å². The number of carbonyl (C=O) groups is 1. The highest BCUT2D eigenvalue weighted by Gasteiger charge is 2.07. The Morgan fingerprint density at radius 3 is 2.43 bits per heavy atom. The molecule has 14 heavy (non-hydrogen) atoms. The maximum atomic E-state index is 9.88. The fourth-order valence-electron chi connectivity index (χ4n) is 1.93. The molecule has 0 spiro atoms. The van der Waals surface area contributed by atoms with Crippen LogP contribution in [0, 0.1) is 0 Å². The first-order valence-corrected chi connectivity index (χ1v) is 5.71. The molecule has 0 aromatic rings. The minimum absolute atomic E-state index is 0.534. The van der Waals surface area contributed by atoms with Gasteiger partial charge in [0.15, 0.2) is 0 Å². The lowest BCUT2D eigenvalue weighted by Gasteiger charge is -2.19. The van der Waals surface area contributed by atoms with Crippen LogP contribution in [0.25, 0.3) is 0 Å². The molecule has 0 amide bonds. The summed E-state index contributed by atoms with van der Waals surface area (Å²) in [6.07, 6.45) is 7.63. The molecule has 1 saturated heterocycles. The Hall–Kier alpha value is -0.570. The lowest BCUT2D eigenvalue weighted by atomic mass is 10.2. The number of likely N-dealkylation sites (tertiary alicyclic amines) is 1. The van der Waals surface area contributed by atoms with E-state index in [9.17, 15) is 4.79 Å². The van der Waals surface area contributed by atoms with Gasteiger partial charge in [-0.25, -0.2) is 0 Å². The molecule has 0 aromatic heterocycles. The third kappa shape index (κ3) is 5.22. The molecule has 0 saturated carbocycles. The maximum Gasteiger partial charge on any atom is 0.293 e. The summed E-state index contributed by atoms with van der Waals surface area (Å²) in [6.45, 7) is 4.80. The zero-order valence-corrected chi connectivity index (χ0v) is 8.91. The fourth-order valence-corrected chi connectivity index (χ4v) is 1.93. The van der Waals surface area contributed by atoms with Crippen molar-refractivity contribution < 1.29 is 9.53 Å². The average molecular weight is 199 g/mol. The van der Waals surface area contributed by atoms with Crippen molar-refractivity contribution in [3.8, 4) is 0 Å². The molecule has 1 fully saturated rings. The monoisotopic (exact) mass is 199 g/mol. The SMILES string of the molecule is O=COCCCCN1CCCCCC1. The van der Waals surface area contributed by atoms with Crippen LogP contribution in [-0.2, 0) is 9.53 Å². The Bertz CT molecular complexity index is 142. The summed E-state index contributed by atoms with van der Waals surface area (Å²) in [5, 5.41) is 0. The minimum Gasteiger partial charge on any atom is -0.468 e. The topological polar surface area (TPSA) is 29.5 Å². The molecule has 3 heteroatoms. The summed E-state index contributed by atoms with van der Waals surface area (Å²) >= 11 is 0. The Morgan fingerprint density at radius 1 is 1.07 bits per heavy atom. The normalized spacial score (nSPS) is 18.9. The van der Waals surface area contributed by atoms with Gasteiger partial charge in [0.25, 0.3) is 6.47 Å². The maximum absolute atomic E-state index is 9.88. The molecule has 0 aromatic carbocycles. The van der Waals surface area contributed by atoms with E-state index in [0.717, 1.165) is 12.8 Å². The van der Waals surface area contributed by atoms with Gasteiger partial charge in [-0.3, -0.25) is 4.79 Å². The molecule has 1 aliphatic rings. The Kier molecular flexibility index (Phi) is 6.41. The highest BCUT2D eigenvalue weighted by Crippen LogP contribution is 2.10. The van der Waals surface area contributed by atoms with Crippen molar-refractivity contribution >= 4 is 6.47 Å². The summed E-state index contributed by atoms with van der Waals surface area (Å²) in [5.74, 6) is 0. The second kappa shape index (κ2) is 7.80. The third-order valence-corrected chi connectivity index (χ3v) is 2.75. The highest BCUT2D eigenvalue weighted by atomic mass is 16.5. The van der Waals surface area contributed by atoms with Crippen LogP contribution in [0.3, 0.4) is 0 Å². The second-order valence-corrected chi connectivity index (χ2v) is 3.93. The van der Waals surface area contributed by atoms with Crippen molar-refractivity contribution in [2.75, 3.05) is 26.2 Å². The van der Waals surface area contributed by atoms with Gasteiger partial charge < -0.3 is 9.64 Å². The number of unbranched alkanes of at least 4 members (excludes halogenated alkanes) is 1.